The van der Waals surface area contributed by atoms with Gasteiger partial charge in [0.1, 0.15) is 6.10 Å². The van der Waals surface area contributed by atoms with Gasteiger partial charge in [0.05, 0.1) is 19.3 Å². The number of nitrogens with one attached hydrogen (secondary N) is 1. The molecule has 19 heavy (non-hydrogen) atoms. The molecule has 1 fully saturated rings. The summed E-state index contributed by atoms with van der Waals surface area (Å²) in [5.41, 5.74) is 1.81. The Hall–Kier alpha value is -1.14. The number of hydrogen-bond donors (Lipinski definition) is 3. The van der Waals surface area contributed by atoms with Gasteiger partial charge >= 0.3 is 0 Å². The van der Waals surface area contributed by atoms with Gasteiger partial charge in [-0.15, -0.1) is 0 Å². The van der Waals surface area contributed by atoms with E-state index in [1.54, 1.807) is 7.05 Å². The van der Waals surface area contributed by atoms with Crippen LogP contribution in [0.3, 0.4) is 0 Å². The van der Waals surface area contributed by atoms with Crippen LogP contribution in [0.5, 0.6) is 0 Å². The van der Waals surface area contributed by atoms with Gasteiger partial charge in [0.25, 0.3) is 0 Å². The summed E-state index contributed by atoms with van der Waals surface area (Å²) in [5.74, 6) is 0. The van der Waals surface area contributed by atoms with Gasteiger partial charge in [-0.25, -0.2) is 0 Å². The van der Waals surface area contributed by atoms with E-state index in [1.165, 1.54) is 0 Å². The van der Waals surface area contributed by atoms with Crippen molar-refractivity contribution in [2.45, 2.75) is 12.2 Å². The van der Waals surface area contributed by atoms with Crippen molar-refractivity contribution in [2.24, 2.45) is 0 Å². The summed E-state index contributed by atoms with van der Waals surface area (Å²) in [6.45, 7) is 3.55. The number of likely N-dealkylation sites (N-methyl/N-ethyl adjacent to an activating group) is 1. The summed E-state index contributed by atoms with van der Waals surface area (Å²) >= 11 is 0. The van der Waals surface area contributed by atoms with Crippen LogP contribution in [0.25, 0.3) is 0 Å². The Kier molecular flexibility index (Phi) is 5.15. The second-order valence-corrected chi connectivity index (χ2v) is 4.76. The molecule has 1 heterocycles. The molecule has 5 heteroatoms. The topological polar surface area (TPSA) is 65.0 Å². The van der Waals surface area contributed by atoms with Crippen molar-refractivity contribution in [1.82, 2.24) is 5.32 Å². The molecule has 1 saturated heterocycles. The number of nitrogens with zero attached hydrogens (tertiary/aromatic N) is 1. The van der Waals surface area contributed by atoms with E-state index in [2.05, 4.69) is 10.2 Å². The van der Waals surface area contributed by atoms with Crippen LogP contribution in [0.4, 0.5) is 5.69 Å². The lowest BCUT2D eigenvalue weighted by Gasteiger charge is -2.29. The molecule has 2 unspecified atom stereocenters. The van der Waals surface area contributed by atoms with E-state index in [9.17, 15) is 10.2 Å². The number of aliphatic hydroxyl groups excluding tert-OH is 2. The molecule has 1 aliphatic heterocycles. The number of hydrogen-bond acceptors (Lipinski definition) is 5. The maximum absolute atomic E-state index is 10.1. The van der Waals surface area contributed by atoms with Gasteiger partial charge < -0.3 is 25.2 Å². The molecule has 106 valence electrons. The van der Waals surface area contributed by atoms with Crippen LogP contribution < -0.4 is 10.2 Å². The van der Waals surface area contributed by atoms with Crippen molar-refractivity contribution < 1.29 is 14.9 Å². The second-order valence-electron chi connectivity index (χ2n) is 4.76. The third kappa shape index (κ3) is 3.67. The summed E-state index contributed by atoms with van der Waals surface area (Å²) < 4.78 is 5.33. The van der Waals surface area contributed by atoms with Gasteiger partial charge in [-0.05, 0) is 24.7 Å². The van der Waals surface area contributed by atoms with Gasteiger partial charge in [-0.2, -0.15) is 0 Å². The quantitative estimate of drug-likeness (QED) is 0.707. The van der Waals surface area contributed by atoms with Crippen LogP contribution in [-0.2, 0) is 4.74 Å². The minimum atomic E-state index is -0.867. The zero-order valence-corrected chi connectivity index (χ0v) is 11.2. The SMILES string of the molecule is CNCC(O)C(O)c1cccc(N2CCOCC2)c1. The van der Waals surface area contributed by atoms with Crippen molar-refractivity contribution in [1.29, 1.82) is 0 Å². The zero-order chi connectivity index (χ0) is 13.7. The number of morpholine rings is 1. The van der Waals surface area contributed by atoms with E-state index in [4.69, 9.17) is 4.74 Å². The smallest absolute Gasteiger partial charge is 0.106 e. The second kappa shape index (κ2) is 6.86. The molecule has 2 atom stereocenters. The van der Waals surface area contributed by atoms with E-state index in [1.807, 2.05) is 24.3 Å². The van der Waals surface area contributed by atoms with Gasteiger partial charge in [0, 0.05) is 25.3 Å². The summed E-state index contributed by atoms with van der Waals surface area (Å²) in [4.78, 5) is 2.23. The number of ether oxygens (including phenoxy) is 1. The molecule has 0 saturated carbocycles. The lowest BCUT2D eigenvalue weighted by molar-refractivity contribution is 0.0202. The normalized spacial score (nSPS) is 19.2. The average molecular weight is 266 g/mol. The van der Waals surface area contributed by atoms with Crippen molar-refractivity contribution in [3.05, 3.63) is 29.8 Å². The molecular formula is C14H22N2O3. The molecule has 0 bridgehead atoms. The number of rotatable bonds is 5. The summed E-state index contributed by atoms with van der Waals surface area (Å²) in [7, 11) is 1.75. The molecule has 1 aromatic carbocycles. The van der Waals surface area contributed by atoms with Gasteiger partial charge in [0.15, 0.2) is 0 Å². The number of aliphatic hydroxyl groups is 2. The summed E-state index contributed by atoms with van der Waals surface area (Å²) in [5, 5.41) is 22.8. The van der Waals surface area contributed by atoms with Crippen molar-refractivity contribution in [3.63, 3.8) is 0 Å². The summed E-state index contributed by atoms with van der Waals surface area (Å²) in [6.07, 6.45) is -1.67. The number of benzene rings is 1. The lowest BCUT2D eigenvalue weighted by atomic mass is 10.0. The molecular weight excluding hydrogens is 244 g/mol. The van der Waals surface area contributed by atoms with Crippen LogP contribution in [0.15, 0.2) is 24.3 Å². The van der Waals surface area contributed by atoms with Crippen molar-refractivity contribution in [3.8, 4) is 0 Å². The van der Waals surface area contributed by atoms with Crippen molar-refractivity contribution in [2.75, 3.05) is 44.8 Å². The van der Waals surface area contributed by atoms with Crippen LogP contribution in [0, 0.1) is 0 Å². The highest BCUT2D eigenvalue weighted by molar-refractivity contribution is 5.49. The fourth-order valence-corrected chi connectivity index (χ4v) is 2.27. The third-order valence-corrected chi connectivity index (χ3v) is 3.37. The Morgan fingerprint density at radius 1 is 1.32 bits per heavy atom. The monoisotopic (exact) mass is 266 g/mol. The highest BCUT2D eigenvalue weighted by Gasteiger charge is 2.19. The van der Waals surface area contributed by atoms with Gasteiger partial charge in [0.2, 0.25) is 0 Å². The largest absolute Gasteiger partial charge is 0.389 e. The fraction of sp³-hybridized carbons (Fsp3) is 0.571. The fourth-order valence-electron chi connectivity index (χ4n) is 2.27. The van der Waals surface area contributed by atoms with E-state index in [0.717, 1.165) is 37.6 Å². The minimum Gasteiger partial charge on any atom is -0.389 e. The molecule has 2 rings (SSSR count). The number of anilines is 1. The van der Waals surface area contributed by atoms with Crippen molar-refractivity contribution >= 4 is 5.69 Å². The molecule has 1 aliphatic rings. The standard InChI is InChI=1S/C14H22N2O3/c1-15-10-13(17)14(18)11-3-2-4-12(9-11)16-5-7-19-8-6-16/h2-4,9,13-15,17-18H,5-8,10H2,1H3. The van der Waals surface area contributed by atoms with E-state index < -0.39 is 12.2 Å². The first-order valence-electron chi connectivity index (χ1n) is 6.65. The maximum Gasteiger partial charge on any atom is 0.106 e. The first-order chi connectivity index (χ1) is 9.22. The lowest BCUT2D eigenvalue weighted by Crippen LogP contribution is -2.36. The molecule has 0 aliphatic carbocycles. The summed E-state index contributed by atoms with van der Waals surface area (Å²) in [6, 6.07) is 7.71. The average Bonchev–Trinajstić information content (AvgIpc) is 2.48. The highest BCUT2D eigenvalue weighted by Crippen LogP contribution is 2.23. The predicted molar refractivity (Wildman–Crippen MR) is 74.4 cm³/mol. The van der Waals surface area contributed by atoms with Gasteiger partial charge in [-0.3, -0.25) is 0 Å². The van der Waals surface area contributed by atoms with Gasteiger partial charge in [-0.1, -0.05) is 12.1 Å². The third-order valence-electron chi connectivity index (χ3n) is 3.37. The Bertz CT molecular complexity index is 394. The molecule has 1 aromatic rings. The predicted octanol–water partition coefficient (Wildman–Crippen LogP) is 0.137. The van der Waals surface area contributed by atoms with E-state index >= 15 is 0 Å². The zero-order valence-electron chi connectivity index (χ0n) is 11.2. The van der Waals surface area contributed by atoms with Crippen LogP contribution in [0.1, 0.15) is 11.7 Å². The van der Waals surface area contributed by atoms with E-state index in [-0.39, 0.29) is 0 Å². The van der Waals surface area contributed by atoms with Crippen LogP contribution in [0.2, 0.25) is 0 Å². The molecule has 0 amide bonds. The first kappa shape index (κ1) is 14.3. The molecule has 0 aromatic heterocycles. The molecule has 0 spiro atoms. The Labute approximate surface area is 113 Å². The Balaban J connectivity index is 2.09. The molecule has 0 radical (unpaired) electrons. The Morgan fingerprint density at radius 3 is 2.74 bits per heavy atom. The van der Waals surface area contributed by atoms with E-state index in [0.29, 0.717) is 6.54 Å². The van der Waals surface area contributed by atoms with Crippen LogP contribution in [-0.4, -0.2) is 56.2 Å². The molecule has 3 N–H and O–H groups in total. The molecule has 5 nitrogen and oxygen atoms in total. The first-order valence-corrected chi connectivity index (χ1v) is 6.65. The minimum absolute atomic E-state index is 0.364. The Morgan fingerprint density at radius 2 is 2.05 bits per heavy atom. The van der Waals surface area contributed by atoms with Crippen LogP contribution >= 0.6 is 0 Å². The maximum atomic E-state index is 10.1. The highest BCUT2D eigenvalue weighted by atomic mass is 16.5.